The average Bonchev–Trinajstić information content (AvgIpc) is 2.01. The molecule has 0 aliphatic carbocycles. The fraction of sp³-hybridized carbons (Fsp3) is 0.700. The van der Waals surface area contributed by atoms with Crippen LogP contribution in [-0.4, -0.2) is 31.5 Å². The Kier molecular flexibility index (Phi) is 5.37. The van der Waals surface area contributed by atoms with E-state index in [1.807, 2.05) is 13.0 Å². The quantitative estimate of drug-likeness (QED) is 0.419. The predicted octanol–water partition coefficient (Wildman–Crippen LogP) is 3.02. The van der Waals surface area contributed by atoms with Crippen LogP contribution < -0.4 is 0 Å². The SMILES string of the molecule is CCOC(=S)C=C(C)N(C)[Si](C)(C)C. The Labute approximate surface area is 94.0 Å². The summed E-state index contributed by atoms with van der Waals surface area (Å²) in [7, 11) is 0.854. The van der Waals surface area contributed by atoms with Gasteiger partial charge in [0.1, 0.15) is 8.24 Å². The zero-order valence-electron chi connectivity index (χ0n) is 10.0. The number of hydrogen-bond acceptors (Lipinski definition) is 3. The van der Waals surface area contributed by atoms with Crippen LogP contribution in [0.3, 0.4) is 0 Å². The highest BCUT2D eigenvalue weighted by Crippen LogP contribution is 2.13. The highest BCUT2D eigenvalue weighted by molar-refractivity contribution is 7.80. The summed E-state index contributed by atoms with van der Waals surface area (Å²) in [6.45, 7) is 11.6. The van der Waals surface area contributed by atoms with Crippen LogP contribution in [0.5, 0.6) is 0 Å². The Bertz CT molecular complexity index is 233. The molecule has 0 aromatic heterocycles. The summed E-state index contributed by atoms with van der Waals surface area (Å²) in [6.07, 6.45) is 1.93. The van der Waals surface area contributed by atoms with Crippen molar-refractivity contribution in [3.8, 4) is 0 Å². The van der Waals surface area contributed by atoms with Crippen molar-refractivity contribution in [2.75, 3.05) is 13.7 Å². The highest BCUT2D eigenvalue weighted by Gasteiger charge is 2.20. The van der Waals surface area contributed by atoms with Crippen molar-refractivity contribution >= 4 is 25.5 Å². The van der Waals surface area contributed by atoms with Gasteiger partial charge in [0.25, 0.3) is 0 Å². The van der Waals surface area contributed by atoms with Gasteiger partial charge in [-0.1, -0.05) is 19.6 Å². The van der Waals surface area contributed by atoms with Crippen LogP contribution in [-0.2, 0) is 4.74 Å². The first-order valence-corrected chi connectivity index (χ1v) is 8.73. The molecule has 0 aliphatic rings. The van der Waals surface area contributed by atoms with Crippen LogP contribution >= 0.6 is 12.2 Å². The molecule has 2 nitrogen and oxygen atoms in total. The Morgan fingerprint density at radius 2 is 1.93 bits per heavy atom. The van der Waals surface area contributed by atoms with Crippen molar-refractivity contribution < 1.29 is 4.74 Å². The van der Waals surface area contributed by atoms with Crippen molar-refractivity contribution in [2.24, 2.45) is 0 Å². The lowest BCUT2D eigenvalue weighted by molar-refractivity contribution is 0.338. The molecule has 82 valence electrons. The van der Waals surface area contributed by atoms with Gasteiger partial charge in [-0.3, -0.25) is 0 Å². The minimum atomic E-state index is -1.26. The molecule has 0 saturated heterocycles. The molecule has 0 radical (unpaired) electrons. The lowest BCUT2D eigenvalue weighted by Gasteiger charge is -2.32. The lowest BCUT2D eigenvalue weighted by Crippen LogP contribution is -2.41. The topological polar surface area (TPSA) is 12.5 Å². The second-order valence-corrected chi connectivity index (χ2v) is 9.68. The van der Waals surface area contributed by atoms with Gasteiger partial charge in [0.05, 0.1) is 6.61 Å². The molecule has 0 aromatic rings. The Hall–Kier alpha value is -0.353. The molecule has 0 fully saturated rings. The number of thiocarbonyl (C=S) groups is 1. The number of nitrogens with zero attached hydrogens (tertiary/aromatic N) is 1. The number of rotatable bonds is 4. The first-order chi connectivity index (χ1) is 6.29. The minimum Gasteiger partial charge on any atom is -0.484 e. The van der Waals surface area contributed by atoms with Crippen LogP contribution in [0.2, 0.25) is 19.6 Å². The standard InChI is InChI=1S/C10H21NOSSi/c1-7-12-10(13)8-9(2)11(3)14(4,5)6/h8H,7H2,1-6H3. The third-order valence-corrected chi connectivity index (χ3v) is 4.75. The first kappa shape index (κ1) is 13.6. The van der Waals surface area contributed by atoms with Crippen molar-refractivity contribution in [3.63, 3.8) is 0 Å². The predicted molar refractivity (Wildman–Crippen MR) is 69.1 cm³/mol. The molecule has 0 unspecified atom stereocenters. The third-order valence-electron chi connectivity index (χ3n) is 2.15. The third kappa shape index (κ3) is 4.76. The van der Waals surface area contributed by atoms with Gasteiger partial charge in [0.15, 0.2) is 5.05 Å². The second-order valence-electron chi connectivity index (χ2n) is 4.27. The summed E-state index contributed by atoms with van der Waals surface area (Å²) in [6, 6.07) is 0. The van der Waals surface area contributed by atoms with E-state index in [2.05, 4.69) is 38.2 Å². The summed E-state index contributed by atoms with van der Waals surface area (Å²) in [5.74, 6) is 0. The van der Waals surface area contributed by atoms with Gasteiger partial charge in [-0.15, -0.1) is 0 Å². The van der Waals surface area contributed by atoms with Crippen LogP contribution in [0.25, 0.3) is 0 Å². The van der Waals surface area contributed by atoms with Crippen LogP contribution in [0.15, 0.2) is 11.8 Å². The van der Waals surface area contributed by atoms with Crippen LogP contribution in [0.1, 0.15) is 13.8 Å². The first-order valence-electron chi connectivity index (χ1n) is 4.88. The van der Waals surface area contributed by atoms with E-state index in [4.69, 9.17) is 17.0 Å². The Balaban J connectivity index is 4.45. The molecule has 0 atom stereocenters. The van der Waals surface area contributed by atoms with E-state index in [0.717, 1.165) is 0 Å². The maximum atomic E-state index is 5.22. The maximum absolute atomic E-state index is 5.22. The van der Waals surface area contributed by atoms with Gasteiger partial charge in [-0.2, -0.15) is 0 Å². The van der Waals surface area contributed by atoms with Gasteiger partial charge >= 0.3 is 0 Å². The van der Waals surface area contributed by atoms with Crippen LogP contribution in [0.4, 0.5) is 0 Å². The largest absolute Gasteiger partial charge is 0.484 e. The van der Waals surface area contributed by atoms with Gasteiger partial charge in [-0.25, -0.2) is 0 Å². The van der Waals surface area contributed by atoms with E-state index in [9.17, 15) is 0 Å². The fourth-order valence-electron chi connectivity index (χ4n) is 0.980. The average molecular weight is 231 g/mol. The van der Waals surface area contributed by atoms with Gasteiger partial charge in [0, 0.05) is 11.8 Å². The van der Waals surface area contributed by atoms with Crippen molar-refractivity contribution in [1.29, 1.82) is 0 Å². The Morgan fingerprint density at radius 3 is 2.29 bits per heavy atom. The summed E-state index contributed by atoms with van der Waals surface area (Å²) < 4.78 is 7.54. The highest BCUT2D eigenvalue weighted by atomic mass is 32.1. The summed E-state index contributed by atoms with van der Waals surface area (Å²) in [5.41, 5.74) is 1.18. The summed E-state index contributed by atoms with van der Waals surface area (Å²) in [5, 5.41) is 0.579. The molecular formula is C10H21NOSSi. The second kappa shape index (κ2) is 5.51. The van der Waals surface area contributed by atoms with Crippen molar-refractivity contribution in [2.45, 2.75) is 33.5 Å². The molecule has 0 heterocycles. The molecule has 0 saturated carbocycles. The summed E-state index contributed by atoms with van der Waals surface area (Å²) >= 11 is 5.06. The molecule has 0 bridgehead atoms. The van der Waals surface area contributed by atoms with E-state index in [1.54, 1.807) is 0 Å². The zero-order valence-corrected chi connectivity index (χ0v) is 11.9. The van der Waals surface area contributed by atoms with Crippen molar-refractivity contribution in [3.05, 3.63) is 11.8 Å². The summed E-state index contributed by atoms with van der Waals surface area (Å²) in [4.78, 5) is 0. The maximum Gasteiger partial charge on any atom is 0.185 e. The fourth-order valence-corrected chi connectivity index (χ4v) is 2.39. The minimum absolute atomic E-state index is 0.579. The monoisotopic (exact) mass is 231 g/mol. The number of allylic oxidation sites excluding steroid dienone is 1. The molecule has 0 spiro atoms. The number of ether oxygens (including phenoxy) is 1. The Morgan fingerprint density at radius 1 is 1.43 bits per heavy atom. The molecular weight excluding hydrogens is 210 g/mol. The molecule has 0 amide bonds. The zero-order chi connectivity index (χ0) is 11.4. The van der Waals surface area contributed by atoms with Gasteiger partial charge in [0.2, 0.25) is 0 Å². The van der Waals surface area contributed by atoms with Crippen molar-refractivity contribution in [1.82, 2.24) is 4.57 Å². The normalized spacial score (nSPS) is 12.6. The van der Waals surface area contributed by atoms with E-state index in [1.165, 1.54) is 5.70 Å². The molecule has 0 aliphatic heterocycles. The lowest BCUT2D eigenvalue weighted by atomic mass is 10.4. The van der Waals surface area contributed by atoms with E-state index < -0.39 is 8.24 Å². The van der Waals surface area contributed by atoms with E-state index in [0.29, 0.717) is 11.7 Å². The van der Waals surface area contributed by atoms with Crippen LogP contribution in [0, 0.1) is 0 Å². The van der Waals surface area contributed by atoms with Gasteiger partial charge in [-0.05, 0) is 33.1 Å². The molecule has 0 aromatic carbocycles. The van der Waals surface area contributed by atoms with E-state index >= 15 is 0 Å². The number of hydrogen-bond donors (Lipinski definition) is 0. The smallest absolute Gasteiger partial charge is 0.185 e. The molecule has 4 heteroatoms. The molecule has 0 rings (SSSR count). The van der Waals surface area contributed by atoms with E-state index in [-0.39, 0.29) is 0 Å². The van der Waals surface area contributed by atoms with Gasteiger partial charge < -0.3 is 9.30 Å². The molecule has 0 N–H and O–H groups in total. The molecule has 14 heavy (non-hydrogen) atoms.